The van der Waals surface area contributed by atoms with Crippen LogP contribution >= 0.6 is 0 Å². The minimum Gasteiger partial charge on any atom is -0.372 e. The van der Waals surface area contributed by atoms with Crippen LogP contribution in [0.1, 0.15) is 33.1 Å². The molecular formula is C17H25N3O2. The number of carbonyl (C=O) groups is 2. The van der Waals surface area contributed by atoms with Crippen molar-refractivity contribution in [3.8, 4) is 0 Å². The van der Waals surface area contributed by atoms with Gasteiger partial charge in [0.05, 0.1) is 6.54 Å². The van der Waals surface area contributed by atoms with Gasteiger partial charge in [-0.2, -0.15) is 0 Å². The van der Waals surface area contributed by atoms with Crippen LogP contribution in [0.4, 0.5) is 11.4 Å². The molecule has 2 amide bonds. The van der Waals surface area contributed by atoms with Gasteiger partial charge in [-0.3, -0.25) is 9.59 Å². The molecule has 2 N–H and O–H groups in total. The summed E-state index contributed by atoms with van der Waals surface area (Å²) >= 11 is 0. The molecule has 5 nitrogen and oxygen atoms in total. The highest BCUT2D eigenvalue weighted by Crippen LogP contribution is 2.24. The maximum absolute atomic E-state index is 11.7. The SMILES string of the molecule is CCC(=O)NCC(=O)Nc1ccc(N2CCC(C)CC2)cc1. The Hall–Kier alpha value is -2.04. The Morgan fingerprint density at radius 2 is 1.77 bits per heavy atom. The first-order valence-corrected chi connectivity index (χ1v) is 8.00. The van der Waals surface area contributed by atoms with Crippen molar-refractivity contribution in [2.45, 2.75) is 33.1 Å². The monoisotopic (exact) mass is 303 g/mol. The van der Waals surface area contributed by atoms with Crippen LogP contribution in [0, 0.1) is 5.92 Å². The number of hydrogen-bond donors (Lipinski definition) is 2. The molecule has 1 saturated heterocycles. The Morgan fingerprint density at radius 1 is 1.14 bits per heavy atom. The lowest BCUT2D eigenvalue weighted by Gasteiger charge is -2.32. The standard InChI is InChI=1S/C17H25N3O2/c1-3-16(21)18-12-17(22)19-14-4-6-15(7-5-14)20-10-8-13(2)9-11-20/h4-7,13H,3,8-12H2,1-2H3,(H,18,21)(H,19,22). The Bertz CT molecular complexity index is 505. The first-order valence-electron chi connectivity index (χ1n) is 8.00. The third-order valence-corrected chi connectivity index (χ3v) is 4.07. The number of carbonyl (C=O) groups excluding carboxylic acids is 2. The Balaban J connectivity index is 1.84. The summed E-state index contributed by atoms with van der Waals surface area (Å²) < 4.78 is 0. The first-order chi connectivity index (χ1) is 10.6. The summed E-state index contributed by atoms with van der Waals surface area (Å²) in [6.07, 6.45) is 2.85. The highest BCUT2D eigenvalue weighted by molar-refractivity contribution is 5.94. The number of anilines is 2. The summed E-state index contributed by atoms with van der Waals surface area (Å²) in [6, 6.07) is 7.90. The van der Waals surface area contributed by atoms with Crippen LogP contribution in [-0.2, 0) is 9.59 Å². The number of nitrogens with one attached hydrogen (secondary N) is 2. The van der Waals surface area contributed by atoms with Crippen LogP contribution in [0.25, 0.3) is 0 Å². The minimum atomic E-state index is -0.207. The summed E-state index contributed by atoms with van der Waals surface area (Å²) in [4.78, 5) is 25.2. The van der Waals surface area contributed by atoms with E-state index < -0.39 is 0 Å². The number of amides is 2. The van der Waals surface area contributed by atoms with Gasteiger partial charge >= 0.3 is 0 Å². The second-order valence-electron chi connectivity index (χ2n) is 5.89. The number of benzene rings is 1. The zero-order valence-electron chi connectivity index (χ0n) is 13.4. The van der Waals surface area contributed by atoms with Gasteiger partial charge < -0.3 is 15.5 Å². The lowest BCUT2D eigenvalue weighted by molar-refractivity contribution is -0.123. The summed E-state index contributed by atoms with van der Waals surface area (Å²) in [5.41, 5.74) is 1.95. The molecule has 5 heteroatoms. The number of rotatable bonds is 5. The molecule has 0 saturated carbocycles. The highest BCUT2D eigenvalue weighted by atomic mass is 16.2. The van der Waals surface area contributed by atoms with Gasteiger partial charge in [-0.05, 0) is 43.0 Å². The third-order valence-electron chi connectivity index (χ3n) is 4.07. The molecule has 22 heavy (non-hydrogen) atoms. The molecule has 0 aromatic heterocycles. The van der Waals surface area contributed by atoms with Crippen molar-refractivity contribution in [3.63, 3.8) is 0 Å². The van der Waals surface area contributed by atoms with E-state index in [2.05, 4.69) is 22.5 Å². The van der Waals surface area contributed by atoms with Gasteiger partial charge in [-0.1, -0.05) is 13.8 Å². The predicted octanol–water partition coefficient (Wildman–Crippen LogP) is 2.39. The normalized spacial score (nSPS) is 15.5. The second-order valence-corrected chi connectivity index (χ2v) is 5.89. The van der Waals surface area contributed by atoms with Crippen molar-refractivity contribution in [2.24, 2.45) is 5.92 Å². The topological polar surface area (TPSA) is 61.4 Å². The molecule has 120 valence electrons. The van der Waals surface area contributed by atoms with Crippen molar-refractivity contribution in [1.29, 1.82) is 0 Å². The van der Waals surface area contributed by atoms with Crippen molar-refractivity contribution >= 4 is 23.2 Å². The lowest BCUT2D eigenvalue weighted by atomic mass is 9.99. The summed E-state index contributed by atoms with van der Waals surface area (Å²) in [5, 5.41) is 5.35. The van der Waals surface area contributed by atoms with Gasteiger partial charge in [0.25, 0.3) is 0 Å². The van der Waals surface area contributed by atoms with E-state index >= 15 is 0 Å². The third kappa shape index (κ3) is 4.76. The lowest BCUT2D eigenvalue weighted by Crippen LogP contribution is -2.33. The molecule has 1 heterocycles. The van der Waals surface area contributed by atoms with Crippen molar-refractivity contribution in [1.82, 2.24) is 5.32 Å². The minimum absolute atomic E-state index is 0.0123. The Kier molecular flexibility index (Phi) is 5.81. The molecule has 0 spiro atoms. The molecule has 0 aliphatic carbocycles. The molecule has 1 aliphatic rings. The molecule has 1 aromatic rings. The van der Waals surface area contributed by atoms with Crippen LogP contribution in [-0.4, -0.2) is 31.4 Å². The number of hydrogen-bond acceptors (Lipinski definition) is 3. The quantitative estimate of drug-likeness (QED) is 0.878. The average Bonchev–Trinajstić information content (AvgIpc) is 2.54. The maximum atomic E-state index is 11.7. The maximum Gasteiger partial charge on any atom is 0.243 e. The van der Waals surface area contributed by atoms with Crippen molar-refractivity contribution in [2.75, 3.05) is 29.9 Å². The van der Waals surface area contributed by atoms with E-state index in [1.54, 1.807) is 6.92 Å². The van der Waals surface area contributed by atoms with E-state index in [4.69, 9.17) is 0 Å². The smallest absolute Gasteiger partial charge is 0.243 e. The molecule has 0 bridgehead atoms. The van der Waals surface area contributed by atoms with E-state index in [0.29, 0.717) is 6.42 Å². The van der Waals surface area contributed by atoms with Crippen LogP contribution in [0.5, 0.6) is 0 Å². The van der Waals surface area contributed by atoms with Crippen molar-refractivity contribution in [3.05, 3.63) is 24.3 Å². The van der Waals surface area contributed by atoms with E-state index in [1.165, 1.54) is 18.5 Å². The Labute approximate surface area is 132 Å². The first kappa shape index (κ1) is 16.3. The fourth-order valence-electron chi connectivity index (χ4n) is 2.53. The van der Waals surface area contributed by atoms with Crippen LogP contribution in [0.2, 0.25) is 0 Å². The highest BCUT2D eigenvalue weighted by Gasteiger charge is 2.15. The van der Waals surface area contributed by atoms with E-state index in [1.807, 2.05) is 24.3 Å². The molecule has 2 rings (SSSR count). The van der Waals surface area contributed by atoms with Crippen LogP contribution < -0.4 is 15.5 Å². The summed E-state index contributed by atoms with van der Waals surface area (Å²) in [7, 11) is 0. The van der Waals surface area contributed by atoms with Gasteiger partial charge in [0.2, 0.25) is 11.8 Å². The average molecular weight is 303 g/mol. The van der Waals surface area contributed by atoms with E-state index in [9.17, 15) is 9.59 Å². The molecule has 1 aromatic carbocycles. The molecule has 0 atom stereocenters. The van der Waals surface area contributed by atoms with Gasteiger partial charge in [0.15, 0.2) is 0 Å². The van der Waals surface area contributed by atoms with Crippen molar-refractivity contribution < 1.29 is 9.59 Å². The number of piperidine rings is 1. The predicted molar refractivity (Wildman–Crippen MR) is 89.0 cm³/mol. The molecule has 0 unspecified atom stereocenters. The molecular weight excluding hydrogens is 278 g/mol. The zero-order chi connectivity index (χ0) is 15.9. The fourth-order valence-corrected chi connectivity index (χ4v) is 2.53. The molecule has 1 fully saturated rings. The Morgan fingerprint density at radius 3 is 2.36 bits per heavy atom. The van der Waals surface area contributed by atoms with Gasteiger partial charge in [0, 0.05) is 30.9 Å². The largest absolute Gasteiger partial charge is 0.372 e. The van der Waals surface area contributed by atoms with Crippen LogP contribution in [0.3, 0.4) is 0 Å². The van der Waals surface area contributed by atoms with Crippen LogP contribution in [0.15, 0.2) is 24.3 Å². The van der Waals surface area contributed by atoms with Gasteiger partial charge in [0.1, 0.15) is 0 Å². The number of nitrogens with zero attached hydrogens (tertiary/aromatic N) is 1. The zero-order valence-corrected chi connectivity index (χ0v) is 13.4. The van der Waals surface area contributed by atoms with E-state index in [-0.39, 0.29) is 18.4 Å². The second kappa shape index (κ2) is 7.82. The molecule has 1 aliphatic heterocycles. The van der Waals surface area contributed by atoms with Gasteiger partial charge in [-0.15, -0.1) is 0 Å². The molecule has 0 radical (unpaired) electrons. The summed E-state index contributed by atoms with van der Waals surface area (Å²) in [6.45, 7) is 6.25. The van der Waals surface area contributed by atoms with E-state index in [0.717, 1.165) is 24.7 Å². The van der Waals surface area contributed by atoms with Gasteiger partial charge in [-0.25, -0.2) is 0 Å². The summed E-state index contributed by atoms with van der Waals surface area (Å²) in [5.74, 6) is 0.485. The fraction of sp³-hybridized carbons (Fsp3) is 0.529.